The van der Waals surface area contributed by atoms with Crippen LogP contribution in [0.5, 0.6) is 0 Å². The van der Waals surface area contributed by atoms with Crippen molar-refractivity contribution < 1.29 is 38.5 Å². The van der Waals surface area contributed by atoms with E-state index in [4.69, 9.17) is 4.98 Å². The number of carbonyl (C=O) groups excluding carboxylic acids is 1. The largest absolute Gasteiger partial charge is 0.481 e. The van der Waals surface area contributed by atoms with Crippen molar-refractivity contribution in [1.29, 1.82) is 0 Å². The predicted octanol–water partition coefficient (Wildman–Crippen LogP) is 4.17. The van der Waals surface area contributed by atoms with Crippen molar-refractivity contribution in [2.24, 2.45) is 0 Å². The van der Waals surface area contributed by atoms with Gasteiger partial charge in [-0.2, -0.15) is 4.98 Å². The minimum atomic E-state index is -2.94. The summed E-state index contributed by atoms with van der Waals surface area (Å²) >= 11 is 1.02. The molecular formula is C33H26F2N8O7S. The zero-order valence-corrected chi connectivity index (χ0v) is 27.2. The van der Waals surface area contributed by atoms with E-state index >= 15 is 8.78 Å². The third-order valence-corrected chi connectivity index (χ3v) is 8.52. The van der Waals surface area contributed by atoms with Crippen molar-refractivity contribution in [3.05, 3.63) is 106 Å². The van der Waals surface area contributed by atoms with Gasteiger partial charge in [-0.25, -0.2) is 28.5 Å². The Morgan fingerprint density at radius 3 is 2.43 bits per heavy atom. The Balaban J connectivity index is 1.55. The van der Waals surface area contributed by atoms with Crippen LogP contribution in [0.1, 0.15) is 24.2 Å². The van der Waals surface area contributed by atoms with Crippen LogP contribution in [0, 0.1) is 18.6 Å². The number of imidazole rings is 1. The first-order valence-electron chi connectivity index (χ1n) is 15.0. The molecule has 18 heteroatoms. The number of carboxylic acid groups (broad SMARTS) is 2. The maximum Gasteiger partial charge on any atom is 0.336 e. The molecule has 260 valence electrons. The summed E-state index contributed by atoms with van der Waals surface area (Å²) in [4.78, 5) is 71.8. The number of fused-ring (bicyclic) bond motifs is 1. The first kappa shape index (κ1) is 34.5. The Kier molecular flexibility index (Phi) is 9.35. The van der Waals surface area contributed by atoms with Crippen LogP contribution in [0.15, 0.2) is 77.3 Å². The maximum atomic E-state index is 15.2. The number of nitrogens with zero attached hydrogens (tertiary/aromatic N) is 6. The highest BCUT2D eigenvalue weighted by Gasteiger charge is 2.42. The number of thiazole rings is 1. The van der Waals surface area contributed by atoms with Gasteiger partial charge in [-0.3, -0.25) is 23.9 Å². The highest BCUT2D eigenvalue weighted by atomic mass is 32.1. The van der Waals surface area contributed by atoms with E-state index in [1.807, 2.05) is 0 Å². The summed E-state index contributed by atoms with van der Waals surface area (Å²) in [5, 5.41) is 34.4. The third kappa shape index (κ3) is 6.90. The number of halogens is 2. The van der Waals surface area contributed by atoms with E-state index in [1.165, 1.54) is 30.6 Å². The number of pyridine rings is 1. The molecule has 0 saturated carbocycles. The average Bonchev–Trinajstić information content (AvgIpc) is 3.80. The first-order chi connectivity index (χ1) is 24.4. The number of aliphatic hydroxyl groups is 1. The van der Waals surface area contributed by atoms with Crippen LogP contribution in [0.2, 0.25) is 0 Å². The fourth-order valence-electron chi connectivity index (χ4n) is 5.36. The van der Waals surface area contributed by atoms with E-state index in [0.29, 0.717) is 17.0 Å². The lowest BCUT2D eigenvalue weighted by Gasteiger charge is -2.26. The van der Waals surface area contributed by atoms with Crippen LogP contribution in [0.4, 0.5) is 25.5 Å². The van der Waals surface area contributed by atoms with Gasteiger partial charge in [0.05, 0.1) is 30.8 Å². The summed E-state index contributed by atoms with van der Waals surface area (Å²) in [5.41, 5.74) is -3.29. The molecule has 0 fully saturated rings. The molecule has 51 heavy (non-hydrogen) atoms. The Morgan fingerprint density at radius 1 is 1.02 bits per heavy atom. The molecule has 0 aliphatic rings. The number of carbonyl (C=O) groups is 3. The second-order valence-corrected chi connectivity index (χ2v) is 12.1. The van der Waals surface area contributed by atoms with Crippen LogP contribution in [-0.2, 0) is 20.9 Å². The van der Waals surface area contributed by atoms with Crippen LogP contribution in [0.25, 0.3) is 28.0 Å². The van der Waals surface area contributed by atoms with Crippen LogP contribution >= 0.6 is 11.3 Å². The molecule has 1 unspecified atom stereocenters. The Bertz CT molecular complexity index is 2330. The molecule has 0 aliphatic carbocycles. The molecule has 0 saturated heterocycles. The fraction of sp³-hybridized carbons (Fsp3) is 0.152. The topological polar surface area (TPSA) is 217 Å². The van der Waals surface area contributed by atoms with Gasteiger partial charge < -0.3 is 25.6 Å². The van der Waals surface area contributed by atoms with Gasteiger partial charge in [0.1, 0.15) is 23.1 Å². The Hall–Kier alpha value is -6.40. The van der Waals surface area contributed by atoms with E-state index in [2.05, 4.69) is 25.3 Å². The number of amides is 1. The standard InChI is InChI=1S/C33H26F2N8O7S/c1-17-5-6-18(42(32-38-11-12-51-32)25(45)14-33(50,30(48)49)15-26(46)47)13-20(17)27-19-7-8-24(44)43(28-21(34)3-2-4-22(28)35)29(19)41-31(40-27)39-16-23-36-9-10-37-23/h2-13,50H,14-16H2,1H3,(H,36,37)(H,46,47)(H,48,49)(H,39,40,41). The molecule has 1 amide bonds. The third-order valence-electron chi connectivity index (χ3n) is 7.76. The van der Waals surface area contributed by atoms with Gasteiger partial charge >= 0.3 is 11.9 Å². The molecule has 15 nitrogen and oxygen atoms in total. The van der Waals surface area contributed by atoms with Gasteiger partial charge in [-0.1, -0.05) is 12.1 Å². The maximum absolute atomic E-state index is 15.2. The van der Waals surface area contributed by atoms with Crippen LogP contribution < -0.4 is 15.8 Å². The van der Waals surface area contributed by atoms with E-state index in [1.54, 1.807) is 24.6 Å². The zero-order valence-electron chi connectivity index (χ0n) is 26.4. The molecule has 1 atom stereocenters. The van der Waals surface area contributed by atoms with Crippen molar-refractivity contribution in [2.45, 2.75) is 31.9 Å². The first-order valence-corrected chi connectivity index (χ1v) is 15.9. The summed E-state index contributed by atoms with van der Waals surface area (Å²) < 4.78 is 31.1. The average molecular weight is 717 g/mol. The molecule has 0 bridgehead atoms. The zero-order chi connectivity index (χ0) is 36.4. The van der Waals surface area contributed by atoms with Crippen molar-refractivity contribution in [1.82, 2.24) is 29.5 Å². The number of para-hydroxylation sites is 1. The molecule has 4 aromatic heterocycles. The lowest BCUT2D eigenvalue weighted by molar-refractivity contribution is -0.167. The van der Waals surface area contributed by atoms with Crippen LogP contribution in [-0.4, -0.2) is 68.3 Å². The molecule has 6 rings (SSSR count). The Morgan fingerprint density at radius 2 is 1.78 bits per heavy atom. The monoisotopic (exact) mass is 716 g/mol. The van der Waals surface area contributed by atoms with Gasteiger partial charge in [0, 0.05) is 41.0 Å². The number of aromatic amines is 1. The summed E-state index contributed by atoms with van der Waals surface area (Å²) in [7, 11) is 0. The number of hydrogen-bond donors (Lipinski definition) is 5. The van der Waals surface area contributed by atoms with Gasteiger partial charge in [-0.05, 0) is 42.8 Å². The van der Waals surface area contributed by atoms with Crippen molar-refractivity contribution in [2.75, 3.05) is 10.2 Å². The van der Waals surface area contributed by atoms with Gasteiger partial charge in [0.2, 0.25) is 11.9 Å². The number of nitrogens with one attached hydrogen (secondary N) is 2. The quantitative estimate of drug-likeness (QED) is 0.121. The molecule has 0 spiro atoms. The number of anilines is 3. The lowest BCUT2D eigenvalue weighted by Crippen LogP contribution is -2.45. The summed E-state index contributed by atoms with van der Waals surface area (Å²) in [6.45, 7) is 1.82. The highest BCUT2D eigenvalue weighted by Crippen LogP contribution is 2.37. The summed E-state index contributed by atoms with van der Waals surface area (Å²) in [6.07, 6.45) is 2.17. The van der Waals surface area contributed by atoms with E-state index in [9.17, 15) is 34.5 Å². The summed E-state index contributed by atoms with van der Waals surface area (Å²) in [6, 6.07) is 10.3. The number of H-pyrrole nitrogens is 1. The van der Waals surface area contributed by atoms with E-state index < -0.39 is 59.2 Å². The van der Waals surface area contributed by atoms with Gasteiger partial charge in [0.15, 0.2) is 16.4 Å². The number of aromatic nitrogens is 6. The molecule has 5 N–H and O–H groups in total. The van der Waals surface area contributed by atoms with Gasteiger partial charge in [-0.15, -0.1) is 11.3 Å². The SMILES string of the molecule is Cc1ccc(N(C(=O)CC(O)(CC(=O)O)C(=O)O)c2nccs2)cc1-c1nc(NCc2ncc[nH]2)nc2c1ccc(=O)n2-c1c(F)cccc1F. The molecule has 0 radical (unpaired) electrons. The van der Waals surface area contributed by atoms with Gasteiger partial charge in [0.25, 0.3) is 5.56 Å². The number of benzene rings is 2. The fourth-order valence-corrected chi connectivity index (χ4v) is 6.04. The molecule has 2 aromatic carbocycles. The van der Waals surface area contributed by atoms with Crippen molar-refractivity contribution >= 4 is 57.0 Å². The second kappa shape index (κ2) is 13.8. The predicted molar refractivity (Wildman–Crippen MR) is 180 cm³/mol. The van der Waals surface area contributed by atoms with Crippen molar-refractivity contribution in [3.63, 3.8) is 0 Å². The minimum Gasteiger partial charge on any atom is -0.481 e. The molecule has 4 heterocycles. The normalized spacial score (nSPS) is 12.4. The number of hydrogen-bond acceptors (Lipinski definition) is 11. The van der Waals surface area contributed by atoms with E-state index in [-0.39, 0.29) is 40.0 Å². The lowest BCUT2D eigenvalue weighted by atomic mass is 9.94. The molecule has 6 aromatic rings. The smallest absolute Gasteiger partial charge is 0.336 e. The highest BCUT2D eigenvalue weighted by molar-refractivity contribution is 7.13. The molecule has 0 aliphatic heterocycles. The van der Waals surface area contributed by atoms with Crippen molar-refractivity contribution in [3.8, 4) is 16.9 Å². The van der Waals surface area contributed by atoms with E-state index in [0.717, 1.165) is 45.1 Å². The number of aryl methyl sites for hydroxylation is 1. The number of rotatable bonds is 12. The summed E-state index contributed by atoms with van der Waals surface area (Å²) in [5.74, 6) is -6.10. The second-order valence-electron chi connectivity index (χ2n) is 11.2. The van der Waals surface area contributed by atoms with Crippen LogP contribution in [0.3, 0.4) is 0 Å². The minimum absolute atomic E-state index is 0.0529. The Labute approximate surface area is 289 Å². The number of carboxylic acids is 2. The molecular weight excluding hydrogens is 690 g/mol. The number of aliphatic carboxylic acids is 2.